The van der Waals surface area contributed by atoms with E-state index in [0.717, 1.165) is 25.1 Å². The zero-order valence-electron chi connectivity index (χ0n) is 10.9. The molecule has 1 aliphatic heterocycles. The molecule has 0 aromatic heterocycles. The van der Waals surface area contributed by atoms with E-state index < -0.39 is 5.54 Å². The van der Waals surface area contributed by atoms with Crippen molar-refractivity contribution in [1.82, 2.24) is 4.90 Å². The average Bonchev–Trinajstić information content (AvgIpc) is 2.76. The highest BCUT2D eigenvalue weighted by Crippen LogP contribution is 2.24. The molecule has 0 spiro atoms. The fraction of sp³-hybridized carbons (Fsp3) is 0.500. The number of carbonyl (C=O) groups is 1. The van der Waals surface area contributed by atoms with Crippen LogP contribution in [0, 0.1) is 5.92 Å². The first-order chi connectivity index (χ1) is 8.01. The summed E-state index contributed by atoms with van der Waals surface area (Å²) in [5, 5.41) is 0. The molecule has 0 radical (unpaired) electrons. The summed E-state index contributed by atoms with van der Waals surface area (Å²) in [6, 6.07) is 9.59. The SMILES string of the molecule is CC1CCN(C(=O)C(C)(N)c2ccccc2)C1.Cl. The van der Waals surface area contributed by atoms with Gasteiger partial charge in [0.1, 0.15) is 5.54 Å². The molecule has 1 aromatic carbocycles. The van der Waals surface area contributed by atoms with E-state index in [4.69, 9.17) is 5.73 Å². The standard InChI is InChI=1S/C14H20N2O.ClH/c1-11-8-9-16(10-11)13(17)14(2,15)12-6-4-3-5-7-12;/h3-7,11H,8-10,15H2,1-2H3;1H. The van der Waals surface area contributed by atoms with Crippen LogP contribution in [-0.4, -0.2) is 23.9 Å². The molecule has 1 heterocycles. The number of benzene rings is 1. The molecule has 1 fully saturated rings. The number of nitrogens with two attached hydrogens (primary N) is 1. The second-order valence-electron chi connectivity index (χ2n) is 5.21. The molecule has 18 heavy (non-hydrogen) atoms. The Hall–Kier alpha value is -1.06. The van der Waals surface area contributed by atoms with Gasteiger partial charge >= 0.3 is 0 Å². The van der Waals surface area contributed by atoms with E-state index in [9.17, 15) is 4.79 Å². The summed E-state index contributed by atoms with van der Waals surface area (Å²) in [6.45, 7) is 5.63. The summed E-state index contributed by atoms with van der Waals surface area (Å²) in [5.74, 6) is 0.624. The van der Waals surface area contributed by atoms with Crippen LogP contribution in [0.3, 0.4) is 0 Å². The lowest BCUT2D eigenvalue weighted by Crippen LogP contribution is -2.50. The van der Waals surface area contributed by atoms with Crippen molar-refractivity contribution in [2.24, 2.45) is 11.7 Å². The minimum Gasteiger partial charge on any atom is -0.341 e. The molecule has 1 saturated heterocycles. The molecule has 1 amide bonds. The van der Waals surface area contributed by atoms with Gasteiger partial charge in [-0.25, -0.2) is 0 Å². The Morgan fingerprint density at radius 1 is 1.39 bits per heavy atom. The Labute approximate surface area is 115 Å². The molecule has 4 heteroatoms. The number of hydrogen-bond acceptors (Lipinski definition) is 2. The molecule has 0 bridgehead atoms. The molecule has 1 aromatic rings. The maximum Gasteiger partial charge on any atom is 0.246 e. The molecule has 3 nitrogen and oxygen atoms in total. The van der Waals surface area contributed by atoms with Gasteiger partial charge in [-0.3, -0.25) is 4.79 Å². The van der Waals surface area contributed by atoms with Crippen molar-refractivity contribution in [3.63, 3.8) is 0 Å². The van der Waals surface area contributed by atoms with Crippen molar-refractivity contribution in [3.05, 3.63) is 35.9 Å². The van der Waals surface area contributed by atoms with E-state index in [2.05, 4.69) is 6.92 Å². The quantitative estimate of drug-likeness (QED) is 0.893. The Kier molecular flexibility index (Phi) is 4.77. The van der Waals surface area contributed by atoms with E-state index in [1.54, 1.807) is 6.92 Å². The minimum absolute atomic E-state index is 0. The van der Waals surface area contributed by atoms with Crippen LogP contribution in [0.15, 0.2) is 30.3 Å². The van der Waals surface area contributed by atoms with Gasteiger partial charge in [0.25, 0.3) is 0 Å². The van der Waals surface area contributed by atoms with E-state index in [1.165, 1.54) is 0 Å². The molecule has 2 N–H and O–H groups in total. The van der Waals surface area contributed by atoms with Crippen molar-refractivity contribution in [2.75, 3.05) is 13.1 Å². The minimum atomic E-state index is -0.911. The van der Waals surface area contributed by atoms with Gasteiger partial charge in [0.15, 0.2) is 0 Å². The largest absolute Gasteiger partial charge is 0.341 e. The highest BCUT2D eigenvalue weighted by molar-refractivity contribution is 5.87. The van der Waals surface area contributed by atoms with E-state index in [0.29, 0.717) is 5.92 Å². The maximum absolute atomic E-state index is 12.4. The molecular weight excluding hydrogens is 248 g/mol. The summed E-state index contributed by atoms with van der Waals surface area (Å²) in [7, 11) is 0. The second kappa shape index (κ2) is 5.72. The van der Waals surface area contributed by atoms with Crippen molar-refractivity contribution < 1.29 is 4.79 Å². The van der Waals surface area contributed by atoms with Crippen molar-refractivity contribution in [1.29, 1.82) is 0 Å². The number of halogens is 1. The highest BCUT2D eigenvalue weighted by Gasteiger charge is 2.36. The van der Waals surface area contributed by atoms with Crippen molar-refractivity contribution >= 4 is 18.3 Å². The highest BCUT2D eigenvalue weighted by atomic mass is 35.5. The number of nitrogens with zero attached hydrogens (tertiary/aromatic N) is 1. The van der Waals surface area contributed by atoms with Crippen LogP contribution in [0.4, 0.5) is 0 Å². The Bertz CT molecular complexity index is 406. The van der Waals surface area contributed by atoms with Gasteiger partial charge < -0.3 is 10.6 Å². The Balaban J connectivity index is 0.00000162. The van der Waals surface area contributed by atoms with Gasteiger partial charge in [0.05, 0.1) is 0 Å². The lowest BCUT2D eigenvalue weighted by molar-refractivity contribution is -0.135. The molecule has 100 valence electrons. The first-order valence-corrected chi connectivity index (χ1v) is 6.15. The van der Waals surface area contributed by atoms with Crippen LogP contribution in [0.1, 0.15) is 25.8 Å². The zero-order chi connectivity index (χ0) is 12.5. The van der Waals surface area contributed by atoms with Crippen LogP contribution in [0.2, 0.25) is 0 Å². The van der Waals surface area contributed by atoms with Gasteiger partial charge in [-0.05, 0) is 24.8 Å². The van der Waals surface area contributed by atoms with Gasteiger partial charge in [-0.1, -0.05) is 37.3 Å². The second-order valence-corrected chi connectivity index (χ2v) is 5.21. The molecule has 0 aliphatic carbocycles. The summed E-state index contributed by atoms with van der Waals surface area (Å²) in [5.41, 5.74) is 6.18. The van der Waals surface area contributed by atoms with Crippen molar-refractivity contribution in [3.8, 4) is 0 Å². The van der Waals surface area contributed by atoms with Crippen LogP contribution in [0.25, 0.3) is 0 Å². The van der Waals surface area contributed by atoms with E-state index >= 15 is 0 Å². The third kappa shape index (κ3) is 2.85. The predicted octanol–water partition coefficient (Wildman–Crippen LogP) is 2.15. The first-order valence-electron chi connectivity index (χ1n) is 6.15. The molecule has 2 atom stereocenters. The number of amides is 1. The van der Waals surface area contributed by atoms with Gasteiger partial charge in [0, 0.05) is 13.1 Å². The zero-order valence-corrected chi connectivity index (χ0v) is 11.7. The van der Waals surface area contributed by atoms with Gasteiger partial charge in [-0.2, -0.15) is 0 Å². The third-order valence-corrected chi connectivity index (χ3v) is 3.53. The summed E-state index contributed by atoms with van der Waals surface area (Å²) in [4.78, 5) is 14.3. The lowest BCUT2D eigenvalue weighted by atomic mass is 9.92. The molecule has 2 unspecified atom stereocenters. The molecule has 1 aliphatic rings. The average molecular weight is 269 g/mol. The smallest absolute Gasteiger partial charge is 0.246 e. The number of rotatable bonds is 2. The molecular formula is C14H21ClN2O. The fourth-order valence-electron chi connectivity index (χ4n) is 2.36. The summed E-state index contributed by atoms with van der Waals surface area (Å²) >= 11 is 0. The maximum atomic E-state index is 12.4. The number of hydrogen-bond donors (Lipinski definition) is 1. The third-order valence-electron chi connectivity index (χ3n) is 3.53. The lowest BCUT2D eigenvalue weighted by Gasteiger charge is -2.29. The molecule has 2 rings (SSSR count). The number of carbonyl (C=O) groups excluding carboxylic acids is 1. The van der Waals surface area contributed by atoms with Crippen LogP contribution in [-0.2, 0) is 10.3 Å². The van der Waals surface area contributed by atoms with E-state index in [-0.39, 0.29) is 18.3 Å². The van der Waals surface area contributed by atoms with Crippen molar-refractivity contribution in [2.45, 2.75) is 25.8 Å². The Morgan fingerprint density at radius 2 is 2.00 bits per heavy atom. The van der Waals surface area contributed by atoms with Crippen LogP contribution in [0.5, 0.6) is 0 Å². The Morgan fingerprint density at radius 3 is 2.50 bits per heavy atom. The number of likely N-dealkylation sites (tertiary alicyclic amines) is 1. The molecule has 0 saturated carbocycles. The van der Waals surface area contributed by atoms with Gasteiger partial charge in [0.2, 0.25) is 5.91 Å². The fourth-order valence-corrected chi connectivity index (χ4v) is 2.36. The predicted molar refractivity (Wildman–Crippen MR) is 75.6 cm³/mol. The first kappa shape index (κ1) is 15.0. The normalized spacial score (nSPS) is 22.2. The summed E-state index contributed by atoms with van der Waals surface area (Å²) in [6.07, 6.45) is 1.08. The van der Waals surface area contributed by atoms with E-state index in [1.807, 2.05) is 35.2 Å². The van der Waals surface area contributed by atoms with Crippen LogP contribution < -0.4 is 5.73 Å². The topological polar surface area (TPSA) is 46.3 Å². The van der Waals surface area contributed by atoms with Gasteiger partial charge in [-0.15, -0.1) is 12.4 Å². The summed E-state index contributed by atoms with van der Waals surface area (Å²) < 4.78 is 0. The monoisotopic (exact) mass is 268 g/mol. The van der Waals surface area contributed by atoms with Crippen LogP contribution >= 0.6 is 12.4 Å².